The summed E-state index contributed by atoms with van der Waals surface area (Å²) in [5.74, 6) is -0.218. The van der Waals surface area contributed by atoms with Crippen molar-refractivity contribution in [3.8, 4) is 0 Å². The van der Waals surface area contributed by atoms with E-state index in [0.29, 0.717) is 0 Å². The second-order valence-electron chi connectivity index (χ2n) is 7.81. The Bertz CT molecular complexity index is 829. The van der Waals surface area contributed by atoms with Crippen molar-refractivity contribution in [2.45, 2.75) is 13.0 Å². The molecule has 1 atom stereocenters. The van der Waals surface area contributed by atoms with E-state index in [4.69, 9.17) is 4.74 Å². The van der Waals surface area contributed by atoms with Gasteiger partial charge in [-0.05, 0) is 55.5 Å². The maximum atomic E-state index is 13.1. The molecule has 0 aliphatic carbocycles. The van der Waals surface area contributed by atoms with E-state index in [9.17, 15) is 9.18 Å². The summed E-state index contributed by atoms with van der Waals surface area (Å²) >= 11 is 0. The molecule has 0 saturated carbocycles. The number of hydrogen-bond donors (Lipinski definition) is 1. The molecular formula is C23H29FN4O2. The van der Waals surface area contributed by atoms with E-state index in [1.165, 1.54) is 12.1 Å². The van der Waals surface area contributed by atoms with Crippen LogP contribution in [0.3, 0.4) is 0 Å². The standard InChI is InChI=1S/C23H29FN4O2/c1-18(26-10-12-27(13-11-26)21-6-2-19(24)3-7-21)23(29)25-20-4-8-22(9-5-20)28-14-16-30-17-15-28/h2-9,18H,10-17H2,1H3,(H,25,29)/t18-/m0/s1. The van der Waals surface area contributed by atoms with Crippen LogP contribution in [0.15, 0.2) is 48.5 Å². The molecule has 1 amide bonds. The number of nitrogens with zero attached hydrogens (tertiary/aromatic N) is 3. The maximum Gasteiger partial charge on any atom is 0.241 e. The Labute approximate surface area is 177 Å². The summed E-state index contributed by atoms with van der Waals surface area (Å²) < 4.78 is 18.5. The number of carbonyl (C=O) groups excluding carboxylic acids is 1. The average molecular weight is 413 g/mol. The second-order valence-corrected chi connectivity index (χ2v) is 7.81. The van der Waals surface area contributed by atoms with Crippen LogP contribution < -0.4 is 15.1 Å². The number of nitrogens with one attached hydrogen (secondary N) is 1. The number of piperazine rings is 1. The van der Waals surface area contributed by atoms with E-state index in [1.807, 2.05) is 43.3 Å². The second kappa shape index (κ2) is 9.45. The van der Waals surface area contributed by atoms with Gasteiger partial charge in [0, 0.05) is 56.3 Å². The summed E-state index contributed by atoms with van der Waals surface area (Å²) in [6, 6.07) is 14.4. The molecule has 7 heteroatoms. The molecule has 2 aromatic carbocycles. The average Bonchev–Trinajstić information content (AvgIpc) is 2.80. The largest absolute Gasteiger partial charge is 0.378 e. The summed E-state index contributed by atoms with van der Waals surface area (Å²) in [4.78, 5) is 19.5. The van der Waals surface area contributed by atoms with Crippen molar-refractivity contribution >= 4 is 23.0 Å². The number of rotatable bonds is 5. The predicted octanol–water partition coefficient (Wildman–Crippen LogP) is 2.81. The zero-order valence-corrected chi connectivity index (χ0v) is 17.4. The Balaban J connectivity index is 1.28. The fourth-order valence-corrected chi connectivity index (χ4v) is 4.01. The molecule has 0 radical (unpaired) electrons. The minimum absolute atomic E-state index is 0.00403. The van der Waals surface area contributed by atoms with Crippen LogP contribution in [-0.2, 0) is 9.53 Å². The van der Waals surface area contributed by atoms with Gasteiger partial charge in [-0.1, -0.05) is 0 Å². The van der Waals surface area contributed by atoms with Crippen molar-refractivity contribution in [1.29, 1.82) is 0 Å². The molecule has 2 aliphatic heterocycles. The number of morpholine rings is 1. The Morgan fingerprint density at radius 1 is 0.867 bits per heavy atom. The van der Waals surface area contributed by atoms with Gasteiger partial charge in [0.15, 0.2) is 0 Å². The highest BCUT2D eigenvalue weighted by Gasteiger charge is 2.26. The first-order valence-corrected chi connectivity index (χ1v) is 10.6. The van der Waals surface area contributed by atoms with Crippen LogP contribution in [0.4, 0.5) is 21.5 Å². The van der Waals surface area contributed by atoms with Gasteiger partial charge in [0.25, 0.3) is 0 Å². The van der Waals surface area contributed by atoms with Crippen molar-refractivity contribution in [1.82, 2.24) is 4.90 Å². The van der Waals surface area contributed by atoms with Crippen LogP contribution in [0.5, 0.6) is 0 Å². The van der Waals surface area contributed by atoms with Crippen LogP contribution in [0.2, 0.25) is 0 Å². The molecule has 2 aromatic rings. The van der Waals surface area contributed by atoms with Gasteiger partial charge in [-0.25, -0.2) is 4.39 Å². The first-order chi connectivity index (χ1) is 14.6. The Morgan fingerprint density at radius 2 is 1.40 bits per heavy atom. The number of benzene rings is 2. The highest BCUT2D eigenvalue weighted by molar-refractivity contribution is 5.94. The first kappa shape index (κ1) is 20.6. The van der Waals surface area contributed by atoms with Crippen molar-refractivity contribution in [2.75, 3.05) is 67.6 Å². The van der Waals surface area contributed by atoms with Crippen LogP contribution in [0.1, 0.15) is 6.92 Å². The predicted molar refractivity (Wildman–Crippen MR) is 118 cm³/mol. The maximum absolute atomic E-state index is 13.1. The Morgan fingerprint density at radius 3 is 2.00 bits per heavy atom. The lowest BCUT2D eigenvalue weighted by Gasteiger charge is -2.38. The smallest absolute Gasteiger partial charge is 0.241 e. The molecule has 0 unspecified atom stereocenters. The third-order valence-corrected chi connectivity index (χ3v) is 5.94. The van der Waals surface area contributed by atoms with Crippen LogP contribution in [0, 0.1) is 5.82 Å². The lowest BCUT2D eigenvalue weighted by Crippen LogP contribution is -2.52. The van der Waals surface area contributed by atoms with Gasteiger partial charge in [-0.3, -0.25) is 9.69 Å². The molecule has 6 nitrogen and oxygen atoms in total. The van der Waals surface area contributed by atoms with Gasteiger partial charge in [-0.2, -0.15) is 0 Å². The third kappa shape index (κ3) is 4.91. The number of amides is 1. The zero-order valence-electron chi connectivity index (χ0n) is 17.4. The molecule has 0 bridgehead atoms. The van der Waals surface area contributed by atoms with Crippen molar-refractivity contribution < 1.29 is 13.9 Å². The van der Waals surface area contributed by atoms with Crippen LogP contribution >= 0.6 is 0 Å². The lowest BCUT2D eigenvalue weighted by molar-refractivity contribution is -0.120. The summed E-state index contributed by atoms with van der Waals surface area (Å²) in [7, 11) is 0. The minimum Gasteiger partial charge on any atom is -0.378 e. The SMILES string of the molecule is C[C@@H](C(=O)Nc1ccc(N2CCOCC2)cc1)N1CCN(c2ccc(F)cc2)CC1. The van der Waals surface area contributed by atoms with Gasteiger partial charge in [0.2, 0.25) is 5.91 Å². The van der Waals surface area contributed by atoms with E-state index < -0.39 is 0 Å². The van der Waals surface area contributed by atoms with Gasteiger partial charge in [0.1, 0.15) is 5.82 Å². The number of carbonyl (C=O) groups is 1. The molecular weight excluding hydrogens is 383 g/mol. The molecule has 2 saturated heterocycles. The van der Waals surface area contributed by atoms with E-state index in [0.717, 1.165) is 69.5 Å². The summed E-state index contributed by atoms with van der Waals surface area (Å²) in [5.41, 5.74) is 2.99. The third-order valence-electron chi connectivity index (χ3n) is 5.94. The Hall–Kier alpha value is -2.64. The molecule has 160 valence electrons. The van der Waals surface area contributed by atoms with Crippen LogP contribution in [-0.4, -0.2) is 69.3 Å². The van der Waals surface area contributed by atoms with Gasteiger partial charge >= 0.3 is 0 Å². The number of hydrogen-bond acceptors (Lipinski definition) is 5. The summed E-state index contributed by atoms with van der Waals surface area (Å²) in [6.07, 6.45) is 0. The van der Waals surface area contributed by atoms with Crippen molar-refractivity contribution in [3.63, 3.8) is 0 Å². The molecule has 2 aliphatic rings. The highest BCUT2D eigenvalue weighted by Crippen LogP contribution is 2.21. The van der Waals surface area contributed by atoms with Gasteiger partial charge in [-0.15, -0.1) is 0 Å². The fourth-order valence-electron chi connectivity index (χ4n) is 4.01. The van der Waals surface area contributed by atoms with E-state index in [2.05, 4.69) is 20.0 Å². The topological polar surface area (TPSA) is 48.1 Å². The minimum atomic E-state index is -0.222. The molecule has 30 heavy (non-hydrogen) atoms. The van der Waals surface area contributed by atoms with Gasteiger partial charge < -0.3 is 19.9 Å². The molecule has 0 aromatic heterocycles. The fraction of sp³-hybridized carbons (Fsp3) is 0.435. The zero-order chi connectivity index (χ0) is 20.9. The molecule has 0 spiro atoms. The Kier molecular flexibility index (Phi) is 6.50. The molecule has 2 heterocycles. The first-order valence-electron chi connectivity index (χ1n) is 10.6. The van der Waals surface area contributed by atoms with E-state index in [1.54, 1.807) is 0 Å². The molecule has 1 N–H and O–H groups in total. The van der Waals surface area contributed by atoms with Crippen LogP contribution in [0.25, 0.3) is 0 Å². The number of anilines is 3. The van der Waals surface area contributed by atoms with Crippen molar-refractivity contribution in [2.24, 2.45) is 0 Å². The van der Waals surface area contributed by atoms with Gasteiger partial charge in [0.05, 0.1) is 19.3 Å². The lowest BCUT2D eigenvalue weighted by atomic mass is 10.2. The summed E-state index contributed by atoms with van der Waals surface area (Å²) in [6.45, 7) is 8.47. The monoisotopic (exact) mass is 412 g/mol. The summed E-state index contributed by atoms with van der Waals surface area (Å²) in [5, 5.41) is 3.04. The molecule has 4 rings (SSSR count). The highest BCUT2D eigenvalue weighted by atomic mass is 19.1. The quantitative estimate of drug-likeness (QED) is 0.819. The molecule has 2 fully saturated rings. The van der Waals surface area contributed by atoms with Crippen molar-refractivity contribution in [3.05, 3.63) is 54.3 Å². The normalized spacial score (nSPS) is 18.9. The number of halogens is 1. The number of ether oxygens (including phenoxy) is 1. The van der Waals surface area contributed by atoms with E-state index >= 15 is 0 Å². The van der Waals surface area contributed by atoms with E-state index in [-0.39, 0.29) is 17.8 Å².